The Hall–Kier alpha value is -1.78. The highest BCUT2D eigenvalue weighted by Gasteiger charge is 2.38. The number of hydrogen-bond acceptors (Lipinski definition) is 3. The average molecular weight is 305 g/mol. The molecule has 1 aromatic heterocycles. The summed E-state index contributed by atoms with van der Waals surface area (Å²) < 4.78 is 5.50. The molecule has 0 aliphatic carbocycles. The van der Waals surface area contributed by atoms with E-state index in [9.17, 15) is 4.79 Å². The van der Waals surface area contributed by atoms with Crippen LogP contribution in [-0.2, 0) is 10.2 Å². The largest absolute Gasteiger partial charge is 0.448 e. The average Bonchev–Trinajstić information content (AvgIpc) is 2.95. The van der Waals surface area contributed by atoms with Crippen molar-refractivity contribution in [1.29, 1.82) is 0 Å². The predicted octanol–water partition coefficient (Wildman–Crippen LogP) is 3.47. The molecule has 1 amide bonds. The molecule has 0 bridgehead atoms. The summed E-state index contributed by atoms with van der Waals surface area (Å²) >= 11 is 5.86. The summed E-state index contributed by atoms with van der Waals surface area (Å²) in [6.45, 7) is 3.85. The van der Waals surface area contributed by atoms with Gasteiger partial charge in [-0.3, -0.25) is 4.79 Å². The van der Waals surface area contributed by atoms with Gasteiger partial charge in [-0.05, 0) is 61.8 Å². The maximum Gasteiger partial charge on any atom is 0.234 e. The van der Waals surface area contributed by atoms with Gasteiger partial charge in [-0.15, -0.1) is 0 Å². The number of fused-ring (bicyclic) bond motifs is 1. The minimum absolute atomic E-state index is 0.0247. The minimum Gasteiger partial charge on any atom is -0.448 e. The second-order valence-electron chi connectivity index (χ2n) is 5.75. The van der Waals surface area contributed by atoms with Crippen molar-refractivity contribution in [1.82, 2.24) is 5.32 Å². The van der Waals surface area contributed by atoms with Crippen molar-refractivity contribution in [2.75, 3.05) is 12.4 Å². The molecule has 1 atom stereocenters. The van der Waals surface area contributed by atoms with E-state index in [0.717, 1.165) is 22.6 Å². The van der Waals surface area contributed by atoms with Gasteiger partial charge in [-0.2, -0.15) is 0 Å². The third kappa shape index (κ3) is 2.24. The number of nitrogens with one attached hydrogen (secondary N) is 2. The lowest BCUT2D eigenvalue weighted by atomic mass is 9.84. The van der Waals surface area contributed by atoms with Crippen molar-refractivity contribution in [3.05, 3.63) is 52.4 Å². The molecule has 1 aromatic carbocycles. The molecule has 0 spiro atoms. The molecular weight excluding hydrogens is 288 g/mol. The van der Waals surface area contributed by atoms with Crippen molar-refractivity contribution in [2.45, 2.75) is 25.3 Å². The second-order valence-corrected chi connectivity index (χ2v) is 6.12. The van der Waals surface area contributed by atoms with Gasteiger partial charge in [0.05, 0.1) is 11.5 Å². The number of carbonyl (C=O) groups is 1. The van der Waals surface area contributed by atoms with E-state index < -0.39 is 5.41 Å². The Bertz CT molecular complexity index is 706. The Balaban J connectivity index is 2.04. The molecular formula is C16H17ClN2O2. The number of carbonyl (C=O) groups excluding carboxylic acids is 1. The van der Waals surface area contributed by atoms with Crippen molar-refractivity contribution >= 4 is 23.2 Å². The van der Waals surface area contributed by atoms with E-state index in [-0.39, 0.29) is 11.9 Å². The quantitative estimate of drug-likeness (QED) is 0.913. The fraction of sp³-hybridized carbons (Fsp3) is 0.312. The van der Waals surface area contributed by atoms with Crippen LogP contribution in [0.4, 0.5) is 5.69 Å². The molecule has 1 aliphatic heterocycles. The molecule has 2 N–H and O–H groups in total. The van der Waals surface area contributed by atoms with Crippen LogP contribution in [0.15, 0.2) is 34.7 Å². The fourth-order valence-corrected chi connectivity index (χ4v) is 2.88. The molecule has 1 aliphatic rings. The van der Waals surface area contributed by atoms with Crippen LogP contribution in [0.5, 0.6) is 0 Å². The normalized spacial score (nSPS) is 17.4. The fourth-order valence-electron chi connectivity index (χ4n) is 2.73. The first-order chi connectivity index (χ1) is 9.93. The van der Waals surface area contributed by atoms with Crippen LogP contribution in [0.3, 0.4) is 0 Å². The molecule has 4 nitrogen and oxygen atoms in total. The zero-order valence-corrected chi connectivity index (χ0v) is 12.9. The summed E-state index contributed by atoms with van der Waals surface area (Å²) in [5, 5.41) is 6.50. The monoisotopic (exact) mass is 304 g/mol. The third-order valence-electron chi connectivity index (χ3n) is 4.03. The summed E-state index contributed by atoms with van der Waals surface area (Å²) in [6, 6.07) is 9.44. The number of hydrogen-bond donors (Lipinski definition) is 2. The van der Waals surface area contributed by atoms with Crippen molar-refractivity contribution in [3.63, 3.8) is 0 Å². The zero-order chi connectivity index (χ0) is 15.2. The van der Waals surface area contributed by atoms with E-state index in [2.05, 4.69) is 10.6 Å². The number of amides is 1. The predicted molar refractivity (Wildman–Crippen MR) is 82.7 cm³/mol. The molecule has 3 rings (SSSR count). The number of halogens is 1. The lowest BCUT2D eigenvalue weighted by molar-refractivity contribution is -0.119. The van der Waals surface area contributed by atoms with Gasteiger partial charge in [0.15, 0.2) is 5.22 Å². The van der Waals surface area contributed by atoms with Gasteiger partial charge in [0, 0.05) is 5.69 Å². The molecule has 2 aromatic rings. The van der Waals surface area contributed by atoms with E-state index in [1.165, 1.54) is 0 Å². The van der Waals surface area contributed by atoms with E-state index in [4.69, 9.17) is 16.0 Å². The van der Waals surface area contributed by atoms with Gasteiger partial charge in [-0.1, -0.05) is 12.1 Å². The first-order valence-corrected chi connectivity index (χ1v) is 7.19. The summed E-state index contributed by atoms with van der Waals surface area (Å²) in [5.41, 5.74) is 2.39. The number of benzene rings is 1. The van der Waals surface area contributed by atoms with E-state index >= 15 is 0 Å². The molecule has 5 heteroatoms. The van der Waals surface area contributed by atoms with E-state index in [1.54, 1.807) is 6.07 Å². The highest BCUT2D eigenvalue weighted by molar-refractivity contribution is 6.28. The van der Waals surface area contributed by atoms with Crippen molar-refractivity contribution in [3.8, 4) is 0 Å². The molecule has 1 unspecified atom stereocenters. The highest BCUT2D eigenvalue weighted by Crippen LogP contribution is 2.39. The summed E-state index contributed by atoms with van der Waals surface area (Å²) in [7, 11) is 1.86. The summed E-state index contributed by atoms with van der Waals surface area (Å²) in [4.78, 5) is 12.0. The van der Waals surface area contributed by atoms with Crippen LogP contribution in [0, 0.1) is 0 Å². The second kappa shape index (κ2) is 4.90. The molecule has 110 valence electrons. The Kier molecular flexibility index (Phi) is 3.30. The van der Waals surface area contributed by atoms with Crippen LogP contribution in [-0.4, -0.2) is 13.0 Å². The third-order valence-corrected chi connectivity index (χ3v) is 4.24. The van der Waals surface area contributed by atoms with Crippen LogP contribution in [0.1, 0.15) is 36.8 Å². The maximum atomic E-state index is 12.0. The molecule has 21 heavy (non-hydrogen) atoms. The molecule has 2 heterocycles. The first kappa shape index (κ1) is 14.2. The lowest BCUT2D eigenvalue weighted by Crippen LogP contribution is -2.27. The van der Waals surface area contributed by atoms with Crippen molar-refractivity contribution < 1.29 is 9.21 Å². The van der Waals surface area contributed by atoms with Crippen LogP contribution in [0.2, 0.25) is 5.22 Å². The minimum atomic E-state index is -0.523. The molecule has 0 fully saturated rings. The number of anilines is 1. The zero-order valence-electron chi connectivity index (χ0n) is 12.2. The highest BCUT2D eigenvalue weighted by atomic mass is 35.5. The van der Waals surface area contributed by atoms with Gasteiger partial charge in [-0.25, -0.2) is 0 Å². The van der Waals surface area contributed by atoms with Crippen LogP contribution >= 0.6 is 11.6 Å². The van der Waals surface area contributed by atoms with E-state index in [1.807, 2.05) is 45.2 Å². The first-order valence-electron chi connectivity index (χ1n) is 6.82. The van der Waals surface area contributed by atoms with Crippen LogP contribution < -0.4 is 10.6 Å². The van der Waals surface area contributed by atoms with Gasteiger partial charge in [0.25, 0.3) is 0 Å². The van der Waals surface area contributed by atoms with Gasteiger partial charge in [0.2, 0.25) is 5.91 Å². The maximum absolute atomic E-state index is 12.0. The van der Waals surface area contributed by atoms with E-state index in [0.29, 0.717) is 5.22 Å². The molecule has 0 radical (unpaired) electrons. The Morgan fingerprint density at radius 1 is 1.29 bits per heavy atom. The smallest absolute Gasteiger partial charge is 0.234 e. The Morgan fingerprint density at radius 2 is 2.05 bits per heavy atom. The molecule has 0 saturated heterocycles. The topological polar surface area (TPSA) is 54.3 Å². The summed E-state index contributed by atoms with van der Waals surface area (Å²) in [6.07, 6.45) is 0. The lowest BCUT2D eigenvalue weighted by Gasteiger charge is -2.19. The van der Waals surface area contributed by atoms with Gasteiger partial charge >= 0.3 is 0 Å². The Labute approximate surface area is 128 Å². The SMILES string of the molecule is CNC(c1ccc2c(c1)C(C)(C)C(=O)N2)c1ccc(Cl)o1. The molecule has 0 saturated carbocycles. The standard InChI is InChI=1S/C16H17ClN2O2/c1-16(2)10-8-9(4-5-11(10)19-15(16)20)14(18-3)12-6-7-13(17)21-12/h4-8,14,18H,1-3H3,(H,19,20). The van der Waals surface area contributed by atoms with Crippen LogP contribution in [0.25, 0.3) is 0 Å². The number of furan rings is 1. The Morgan fingerprint density at radius 3 is 2.67 bits per heavy atom. The van der Waals surface area contributed by atoms with Gasteiger partial charge in [0.1, 0.15) is 5.76 Å². The number of rotatable bonds is 3. The summed E-state index contributed by atoms with van der Waals surface area (Å²) in [5.74, 6) is 0.772. The van der Waals surface area contributed by atoms with Crippen molar-refractivity contribution in [2.24, 2.45) is 0 Å². The van der Waals surface area contributed by atoms with Gasteiger partial charge < -0.3 is 15.1 Å².